The molecule has 0 spiro atoms. The number of hydrogen-bond acceptors (Lipinski definition) is 5. The Bertz CT molecular complexity index is 896. The van der Waals surface area contributed by atoms with Crippen LogP contribution in [0, 0.1) is 0 Å². The molecule has 0 N–H and O–H groups in total. The Kier molecular flexibility index (Phi) is 6.03. The summed E-state index contributed by atoms with van der Waals surface area (Å²) in [6.07, 6.45) is 8.26. The Morgan fingerprint density at radius 1 is 1.03 bits per heavy atom. The second-order valence-electron chi connectivity index (χ2n) is 7.22. The summed E-state index contributed by atoms with van der Waals surface area (Å²) in [7, 11) is 0. The number of fused-ring (bicyclic) bond motifs is 1. The van der Waals surface area contributed by atoms with Crippen LogP contribution in [0.1, 0.15) is 48.5 Å². The van der Waals surface area contributed by atoms with Crippen LogP contribution < -0.4 is 18.9 Å². The van der Waals surface area contributed by atoms with Gasteiger partial charge < -0.3 is 18.9 Å². The van der Waals surface area contributed by atoms with E-state index in [1.165, 1.54) is 12.8 Å². The number of rotatable bonds is 7. The van der Waals surface area contributed by atoms with Gasteiger partial charge >= 0.3 is 0 Å². The number of allylic oxidation sites excluding steroid dienone is 1. The van der Waals surface area contributed by atoms with Crippen LogP contribution in [0.4, 0.5) is 0 Å². The molecule has 1 saturated carbocycles. The molecule has 5 nitrogen and oxygen atoms in total. The normalized spacial score (nSPS) is 16.2. The molecular formula is C24H26O5. The third-order valence-corrected chi connectivity index (χ3v) is 5.12. The van der Waals surface area contributed by atoms with Crippen LogP contribution in [-0.2, 0) is 0 Å². The summed E-state index contributed by atoms with van der Waals surface area (Å²) < 4.78 is 22.9. The molecule has 0 aromatic heterocycles. The molecule has 1 aliphatic heterocycles. The van der Waals surface area contributed by atoms with Crippen LogP contribution in [0.15, 0.2) is 42.5 Å². The van der Waals surface area contributed by atoms with Crippen molar-refractivity contribution in [2.24, 2.45) is 0 Å². The Morgan fingerprint density at radius 2 is 1.83 bits per heavy atom. The van der Waals surface area contributed by atoms with Crippen LogP contribution in [0.3, 0.4) is 0 Å². The first-order valence-corrected chi connectivity index (χ1v) is 10.3. The van der Waals surface area contributed by atoms with Crippen LogP contribution in [0.2, 0.25) is 0 Å². The third-order valence-electron chi connectivity index (χ3n) is 5.12. The van der Waals surface area contributed by atoms with Gasteiger partial charge in [0.05, 0.1) is 12.7 Å². The molecule has 0 radical (unpaired) electrons. The Labute approximate surface area is 171 Å². The fourth-order valence-corrected chi connectivity index (χ4v) is 3.64. The molecule has 29 heavy (non-hydrogen) atoms. The lowest BCUT2D eigenvalue weighted by molar-refractivity contribution is 0.104. The zero-order chi connectivity index (χ0) is 20.1. The highest BCUT2D eigenvalue weighted by Gasteiger charge is 2.18. The van der Waals surface area contributed by atoms with Gasteiger partial charge in [-0.1, -0.05) is 12.1 Å². The molecule has 2 aromatic carbocycles. The molecule has 1 aliphatic carbocycles. The number of ether oxygens (including phenoxy) is 4. The van der Waals surface area contributed by atoms with E-state index in [9.17, 15) is 4.79 Å². The minimum absolute atomic E-state index is 0.0915. The lowest BCUT2D eigenvalue weighted by atomic mass is 10.1. The molecule has 4 rings (SSSR count). The number of hydrogen-bond donors (Lipinski definition) is 0. The minimum atomic E-state index is -0.0915. The van der Waals surface area contributed by atoms with E-state index in [2.05, 4.69) is 0 Å². The SMILES string of the molecule is CCOc1cc(/C=C/C(=O)c2ccc3c(c2)OCCO3)ccc1OC1CCCC1. The molecule has 0 amide bonds. The van der Waals surface area contributed by atoms with Crippen molar-refractivity contribution in [1.82, 2.24) is 0 Å². The lowest BCUT2D eigenvalue weighted by Gasteiger charge is -2.18. The lowest BCUT2D eigenvalue weighted by Crippen LogP contribution is -2.15. The summed E-state index contributed by atoms with van der Waals surface area (Å²) in [6, 6.07) is 11.0. The van der Waals surface area contributed by atoms with Crippen LogP contribution in [0.5, 0.6) is 23.0 Å². The number of benzene rings is 2. The van der Waals surface area contributed by atoms with Crippen molar-refractivity contribution < 1.29 is 23.7 Å². The predicted molar refractivity (Wildman–Crippen MR) is 111 cm³/mol. The number of ketones is 1. The van der Waals surface area contributed by atoms with E-state index < -0.39 is 0 Å². The zero-order valence-electron chi connectivity index (χ0n) is 16.7. The second kappa shape index (κ2) is 9.03. The van der Waals surface area contributed by atoms with Crippen molar-refractivity contribution in [3.05, 3.63) is 53.6 Å². The topological polar surface area (TPSA) is 54.0 Å². The van der Waals surface area contributed by atoms with Gasteiger partial charge in [0.1, 0.15) is 13.2 Å². The molecule has 0 atom stereocenters. The smallest absolute Gasteiger partial charge is 0.185 e. The number of carbonyl (C=O) groups excluding carboxylic acids is 1. The Balaban J connectivity index is 1.48. The largest absolute Gasteiger partial charge is 0.490 e. The van der Waals surface area contributed by atoms with E-state index in [-0.39, 0.29) is 11.9 Å². The van der Waals surface area contributed by atoms with Gasteiger partial charge in [-0.05, 0) is 74.6 Å². The van der Waals surface area contributed by atoms with E-state index in [0.29, 0.717) is 42.6 Å². The maximum absolute atomic E-state index is 12.6. The average molecular weight is 394 g/mol. The molecule has 1 fully saturated rings. The van der Waals surface area contributed by atoms with Crippen molar-refractivity contribution >= 4 is 11.9 Å². The molecule has 152 valence electrons. The summed E-state index contributed by atoms with van der Waals surface area (Å²) in [5.41, 5.74) is 1.45. The maximum Gasteiger partial charge on any atom is 0.185 e. The van der Waals surface area contributed by atoms with Crippen molar-refractivity contribution in [2.45, 2.75) is 38.7 Å². The van der Waals surface area contributed by atoms with Gasteiger partial charge in [-0.2, -0.15) is 0 Å². The van der Waals surface area contributed by atoms with Crippen LogP contribution in [0.25, 0.3) is 6.08 Å². The van der Waals surface area contributed by atoms with E-state index in [1.54, 1.807) is 30.4 Å². The number of carbonyl (C=O) groups is 1. The monoisotopic (exact) mass is 394 g/mol. The van der Waals surface area contributed by atoms with Gasteiger partial charge in [0.25, 0.3) is 0 Å². The van der Waals surface area contributed by atoms with E-state index >= 15 is 0 Å². The molecule has 5 heteroatoms. The predicted octanol–water partition coefficient (Wildman–Crippen LogP) is 5.07. The van der Waals surface area contributed by atoms with Gasteiger partial charge in [-0.15, -0.1) is 0 Å². The van der Waals surface area contributed by atoms with Gasteiger partial charge in [0.15, 0.2) is 28.8 Å². The first-order valence-electron chi connectivity index (χ1n) is 10.3. The summed E-state index contributed by atoms with van der Waals surface area (Å²) in [4.78, 5) is 12.6. The fourth-order valence-electron chi connectivity index (χ4n) is 3.64. The summed E-state index contributed by atoms with van der Waals surface area (Å²) in [5, 5.41) is 0. The highest BCUT2D eigenvalue weighted by molar-refractivity contribution is 6.07. The Morgan fingerprint density at radius 3 is 2.62 bits per heavy atom. The van der Waals surface area contributed by atoms with Crippen molar-refractivity contribution in [3.8, 4) is 23.0 Å². The molecule has 1 heterocycles. The fraction of sp³-hybridized carbons (Fsp3) is 0.375. The second-order valence-corrected chi connectivity index (χ2v) is 7.22. The Hall–Kier alpha value is -2.95. The summed E-state index contributed by atoms with van der Waals surface area (Å²) in [6.45, 7) is 3.54. The van der Waals surface area contributed by atoms with Gasteiger partial charge in [-0.25, -0.2) is 0 Å². The maximum atomic E-state index is 12.6. The highest BCUT2D eigenvalue weighted by Crippen LogP contribution is 2.33. The van der Waals surface area contributed by atoms with Gasteiger partial charge in [0.2, 0.25) is 0 Å². The summed E-state index contributed by atoms with van der Waals surface area (Å²) >= 11 is 0. The molecule has 0 unspecified atom stereocenters. The van der Waals surface area contributed by atoms with Crippen molar-refractivity contribution in [1.29, 1.82) is 0 Å². The third kappa shape index (κ3) is 4.73. The zero-order valence-corrected chi connectivity index (χ0v) is 16.7. The molecule has 0 saturated heterocycles. The van der Waals surface area contributed by atoms with E-state index in [1.807, 2.05) is 25.1 Å². The highest BCUT2D eigenvalue weighted by atomic mass is 16.6. The average Bonchev–Trinajstić information content (AvgIpc) is 3.26. The quantitative estimate of drug-likeness (QED) is 0.484. The minimum Gasteiger partial charge on any atom is -0.490 e. The van der Waals surface area contributed by atoms with Crippen LogP contribution in [-0.4, -0.2) is 31.7 Å². The molecular weight excluding hydrogens is 368 g/mol. The first kappa shape index (κ1) is 19.4. The van der Waals surface area contributed by atoms with Gasteiger partial charge in [0, 0.05) is 5.56 Å². The van der Waals surface area contributed by atoms with Gasteiger partial charge in [-0.3, -0.25) is 4.79 Å². The molecule has 0 bridgehead atoms. The van der Waals surface area contributed by atoms with Crippen LogP contribution >= 0.6 is 0 Å². The molecule has 2 aliphatic rings. The van der Waals surface area contributed by atoms with Crippen molar-refractivity contribution in [3.63, 3.8) is 0 Å². The first-order chi connectivity index (χ1) is 14.2. The molecule has 2 aromatic rings. The standard InChI is InChI=1S/C24H26O5/c1-2-26-23-15-17(8-11-22(23)29-19-5-3-4-6-19)7-10-20(25)18-9-12-21-24(16-18)28-14-13-27-21/h7-12,15-16,19H,2-6,13-14H2,1H3/b10-7+. The van der Waals surface area contributed by atoms with E-state index in [0.717, 1.165) is 24.2 Å². The summed E-state index contributed by atoms with van der Waals surface area (Å²) in [5.74, 6) is 2.69. The van der Waals surface area contributed by atoms with E-state index in [4.69, 9.17) is 18.9 Å². The van der Waals surface area contributed by atoms with Crippen molar-refractivity contribution in [2.75, 3.05) is 19.8 Å².